The molecule has 9 heteroatoms. The molecule has 4 saturated carbocycles. The number of amidine groups is 1. The second-order valence-corrected chi connectivity index (χ2v) is 13.7. The summed E-state index contributed by atoms with van der Waals surface area (Å²) in [6.45, 7) is -0.156. The lowest BCUT2D eigenvalue weighted by molar-refractivity contribution is -0.118. The van der Waals surface area contributed by atoms with E-state index in [1.165, 1.54) is 55.9 Å². The number of thioether (sulfide) groups is 1. The number of aliphatic imine (C=N–C) groups is 1. The zero-order chi connectivity index (χ0) is 31.0. The van der Waals surface area contributed by atoms with Crippen LogP contribution in [0.3, 0.4) is 0 Å². The lowest BCUT2D eigenvalue weighted by atomic mass is 9.48. The van der Waals surface area contributed by atoms with Crippen LogP contribution in [0.1, 0.15) is 49.7 Å². The van der Waals surface area contributed by atoms with Crippen LogP contribution < -0.4 is 24.8 Å². The van der Waals surface area contributed by atoms with Crippen LogP contribution >= 0.6 is 11.8 Å². The van der Waals surface area contributed by atoms with Crippen molar-refractivity contribution >= 4 is 46.2 Å². The Hall–Kier alpha value is -4.24. The highest BCUT2D eigenvalue weighted by atomic mass is 32.2. The van der Waals surface area contributed by atoms with Crippen LogP contribution in [0.15, 0.2) is 76.6 Å². The van der Waals surface area contributed by atoms with Crippen molar-refractivity contribution in [2.75, 3.05) is 26.1 Å². The number of hydrogen-bond donors (Lipinski definition) is 2. The Bertz CT molecular complexity index is 1630. The van der Waals surface area contributed by atoms with Crippen molar-refractivity contribution in [1.82, 2.24) is 5.32 Å². The van der Waals surface area contributed by atoms with Gasteiger partial charge in [-0.25, -0.2) is 4.99 Å². The monoisotopic (exact) mass is 623 g/mol. The van der Waals surface area contributed by atoms with Gasteiger partial charge in [0.25, 0.3) is 11.8 Å². The van der Waals surface area contributed by atoms with Crippen LogP contribution in [0.5, 0.6) is 17.2 Å². The summed E-state index contributed by atoms with van der Waals surface area (Å²) in [4.78, 5) is 30.4. The molecule has 3 aromatic carbocycles. The molecule has 45 heavy (non-hydrogen) atoms. The number of methoxy groups -OCH3 is 2. The van der Waals surface area contributed by atoms with E-state index in [1.54, 1.807) is 32.4 Å². The third-order valence-corrected chi connectivity index (χ3v) is 10.5. The summed E-state index contributed by atoms with van der Waals surface area (Å²) in [5, 5.41) is 6.26. The highest BCUT2D eigenvalue weighted by molar-refractivity contribution is 8.18. The predicted molar refractivity (Wildman–Crippen MR) is 177 cm³/mol. The van der Waals surface area contributed by atoms with E-state index in [0.29, 0.717) is 32.7 Å². The van der Waals surface area contributed by atoms with Crippen molar-refractivity contribution in [1.29, 1.82) is 0 Å². The van der Waals surface area contributed by atoms with Crippen molar-refractivity contribution in [3.05, 3.63) is 82.8 Å². The van der Waals surface area contributed by atoms with Gasteiger partial charge in [0.1, 0.15) is 5.75 Å². The first-order valence-corrected chi connectivity index (χ1v) is 16.3. The van der Waals surface area contributed by atoms with E-state index < -0.39 is 0 Å². The number of rotatable bonds is 9. The first-order chi connectivity index (χ1) is 21.9. The molecule has 2 N–H and O–H groups in total. The van der Waals surface area contributed by atoms with Crippen LogP contribution in [-0.4, -0.2) is 37.8 Å². The maximum atomic E-state index is 12.8. The van der Waals surface area contributed by atoms with Crippen LogP contribution in [0, 0.1) is 17.8 Å². The maximum absolute atomic E-state index is 12.8. The van der Waals surface area contributed by atoms with Gasteiger partial charge < -0.3 is 24.8 Å². The fraction of sp³-hybridized carbons (Fsp3) is 0.361. The molecule has 8 rings (SSSR count). The molecule has 1 heterocycles. The summed E-state index contributed by atoms with van der Waals surface area (Å²) in [6, 6.07) is 21.1. The highest BCUT2D eigenvalue weighted by Gasteiger charge is 2.51. The molecule has 5 aliphatic rings. The minimum atomic E-state index is -0.242. The van der Waals surface area contributed by atoms with Gasteiger partial charge in [-0.3, -0.25) is 9.59 Å². The Morgan fingerprint density at radius 3 is 2.27 bits per heavy atom. The van der Waals surface area contributed by atoms with Crippen molar-refractivity contribution in [3.63, 3.8) is 0 Å². The molecule has 4 bridgehead atoms. The van der Waals surface area contributed by atoms with Crippen molar-refractivity contribution in [2.24, 2.45) is 22.7 Å². The van der Waals surface area contributed by atoms with Gasteiger partial charge >= 0.3 is 0 Å². The zero-order valence-electron chi connectivity index (χ0n) is 25.5. The average molecular weight is 624 g/mol. The standard InChI is InChI=1S/C36H37N3O5S/c1-42-29-10-8-28(9-11-29)38-35-39-34(41)32(45-35)17-22-3-12-30(31(16-22)43-2)44-21-33(40)37-27-6-4-26(5-7-27)36-18-23-13-24(19-36)15-25(14-23)20-36/h3-12,16-17,23-25H,13-15,18-21H2,1-2H3,(H,37,40)(H,38,39,41)/b32-17-. The van der Waals surface area contributed by atoms with Gasteiger partial charge in [0, 0.05) is 5.69 Å². The minimum absolute atomic E-state index is 0.156. The van der Waals surface area contributed by atoms with E-state index in [0.717, 1.165) is 34.8 Å². The fourth-order valence-corrected chi connectivity index (χ4v) is 8.85. The molecule has 5 fully saturated rings. The summed E-state index contributed by atoms with van der Waals surface area (Å²) in [5.74, 6) is 3.87. The van der Waals surface area contributed by atoms with Crippen molar-refractivity contribution in [3.8, 4) is 17.2 Å². The lowest BCUT2D eigenvalue weighted by Crippen LogP contribution is -2.48. The number of hydrogen-bond acceptors (Lipinski definition) is 7. The summed E-state index contributed by atoms with van der Waals surface area (Å²) in [5.41, 5.74) is 4.01. The highest BCUT2D eigenvalue weighted by Crippen LogP contribution is 2.60. The van der Waals surface area contributed by atoms with Gasteiger partial charge in [-0.2, -0.15) is 0 Å². The minimum Gasteiger partial charge on any atom is -0.497 e. The van der Waals surface area contributed by atoms with Gasteiger partial charge in [0.15, 0.2) is 23.3 Å². The number of carbonyl (C=O) groups excluding carboxylic acids is 2. The third-order valence-electron chi connectivity index (χ3n) is 9.62. The Morgan fingerprint density at radius 1 is 0.933 bits per heavy atom. The number of nitrogens with one attached hydrogen (secondary N) is 2. The summed E-state index contributed by atoms with van der Waals surface area (Å²) in [7, 11) is 3.15. The quantitative estimate of drug-likeness (QED) is 0.247. The van der Waals surface area contributed by atoms with Gasteiger partial charge in [-0.1, -0.05) is 18.2 Å². The molecule has 0 spiro atoms. The Kier molecular flexibility index (Phi) is 8.04. The molecule has 0 atom stereocenters. The number of amides is 2. The first-order valence-electron chi connectivity index (χ1n) is 15.5. The van der Waals surface area contributed by atoms with Gasteiger partial charge in [-0.05, 0) is 139 Å². The normalized spacial score (nSPS) is 26.6. The molecule has 2 amide bonds. The molecule has 0 unspecified atom stereocenters. The lowest BCUT2D eigenvalue weighted by Gasteiger charge is -2.57. The van der Waals surface area contributed by atoms with E-state index in [-0.39, 0.29) is 18.4 Å². The van der Waals surface area contributed by atoms with Gasteiger partial charge in [-0.15, -0.1) is 0 Å². The number of nitrogens with zero attached hydrogens (tertiary/aromatic N) is 1. The molecule has 4 aliphatic carbocycles. The molecule has 232 valence electrons. The average Bonchev–Trinajstić information content (AvgIpc) is 3.38. The van der Waals surface area contributed by atoms with E-state index in [1.807, 2.05) is 42.5 Å². The maximum Gasteiger partial charge on any atom is 0.264 e. The number of anilines is 1. The van der Waals surface area contributed by atoms with Crippen molar-refractivity contribution in [2.45, 2.75) is 43.9 Å². The molecule has 0 aromatic heterocycles. The van der Waals surface area contributed by atoms with E-state index in [2.05, 4.69) is 27.8 Å². The third kappa shape index (κ3) is 6.31. The zero-order valence-corrected chi connectivity index (χ0v) is 26.3. The van der Waals surface area contributed by atoms with Crippen LogP contribution in [0.25, 0.3) is 6.08 Å². The van der Waals surface area contributed by atoms with E-state index in [9.17, 15) is 9.59 Å². The fourth-order valence-electron chi connectivity index (χ4n) is 8.01. The van der Waals surface area contributed by atoms with Gasteiger partial charge in [0.2, 0.25) is 0 Å². The smallest absolute Gasteiger partial charge is 0.264 e. The van der Waals surface area contributed by atoms with E-state index in [4.69, 9.17) is 14.2 Å². The van der Waals surface area contributed by atoms with Crippen molar-refractivity contribution < 1.29 is 23.8 Å². The molecule has 1 saturated heterocycles. The molecule has 1 aliphatic heterocycles. The summed E-state index contributed by atoms with van der Waals surface area (Å²) in [6.07, 6.45) is 10.0. The Labute approximate surface area is 267 Å². The molecular weight excluding hydrogens is 586 g/mol. The van der Waals surface area contributed by atoms with Crippen LogP contribution in [0.2, 0.25) is 0 Å². The van der Waals surface area contributed by atoms with Gasteiger partial charge in [0.05, 0.1) is 24.8 Å². The first kappa shape index (κ1) is 29.5. The largest absolute Gasteiger partial charge is 0.497 e. The Balaban J connectivity index is 0.952. The second-order valence-electron chi connectivity index (χ2n) is 12.7. The molecule has 0 radical (unpaired) electrons. The van der Waals surface area contributed by atoms with E-state index >= 15 is 0 Å². The predicted octanol–water partition coefficient (Wildman–Crippen LogP) is 7.08. The SMILES string of the molecule is COc1ccc(N=C2NC(=O)/C(=C/c3ccc(OCC(=O)Nc4ccc(C56CC7CC(CC(C7)C5)C6)cc4)c(OC)c3)S2)cc1. The van der Waals surface area contributed by atoms with Crippen LogP contribution in [-0.2, 0) is 15.0 Å². The number of carbonyl (C=O) groups is 2. The second kappa shape index (κ2) is 12.3. The summed E-state index contributed by atoms with van der Waals surface area (Å²) >= 11 is 1.26. The molecular formula is C36H37N3O5S. The molecule has 3 aromatic rings. The summed E-state index contributed by atoms with van der Waals surface area (Å²) < 4.78 is 16.5. The number of ether oxygens (including phenoxy) is 3. The number of benzene rings is 3. The molecule has 8 nitrogen and oxygen atoms in total. The van der Waals surface area contributed by atoms with Crippen LogP contribution in [0.4, 0.5) is 11.4 Å². The topological polar surface area (TPSA) is 98.3 Å². The Morgan fingerprint density at radius 2 is 1.62 bits per heavy atom.